The van der Waals surface area contributed by atoms with Crippen molar-refractivity contribution < 1.29 is 0 Å². The summed E-state index contributed by atoms with van der Waals surface area (Å²) in [7, 11) is 0. The molecule has 1 unspecified atom stereocenters. The molecule has 0 radical (unpaired) electrons. The van der Waals surface area contributed by atoms with Crippen LogP contribution < -0.4 is 5.32 Å². The summed E-state index contributed by atoms with van der Waals surface area (Å²) in [5.74, 6) is 1.45. The maximum Gasteiger partial charge on any atom is 0.147 e. The maximum absolute atomic E-state index is 6.17. The van der Waals surface area contributed by atoms with Crippen molar-refractivity contribution in [3.63, 3.8) is 0 Å². The average molecular weight is 228 g/mol. The average Bonchev–Trinajstić information content (AvgIpc) is 2.15. The number of alkyl halides is 1. The molecule has 0 fully saturated rings. The van der Waals surface area contributed by atoms with Crippen molar-refractivity contribution in [2.75, 3.05) is 11.9 Å². The first-order chi connectivity index (χ1) is 7.09. The number of aryl methyl sites for hydroxylation is 1. The van der Waals surface area contributed by atoms with Crippen LogP contribution in [0.1, 0.15) is 26.0 Å². The van der Waals surface area contributed by atoms with Gasteiger partial charge in [0.05, 0.1) is 11.1 Å². The minimum Gasteiger partial charge on any atom is -0.367 e. The van der Waals surface area contributed by atoms with Crippen LogP contribution in [0.15, 0.2) is 12.4 Å². The van der Waals surface area contributed by atoms with E-state index in [1.807, 2.05) is 6.92 Å². The van der Waals surface area contributed by atoms with Crippen molar-refractivity contribution >= 4 is 17.4 Å². The molecule has 0 saturated carbocycles. The number of halogens is 1. The lowest BCUT2D eigenvalue weighted by Crippen LogP contribution is -2.17. The van der Waals surface area contributed by atoms with Gasteiger partial charge in [0, 0.05) is 18.9 Å². The van der Waals surface area contributed by atoms with Crippen molar-refractivity contribution in [3.8, 4) is 0 Å². The van der Waals surface area contributed by atoms with Crippen LogP contribution in [-0.2, 0) is 0 Å². The Balaban J connectivity index is 2.40. The van der Waals surface area contributed by atoms with E-state index in [1.165, 1.54) is 0 Å². The van der Waals surface area contributed by atoms with Gasteiger partial charge in [0.2, 0.25) is 0 Å². The van der Waals surface area contributed by atoms with Gasteiger partial charge in [-0.15, -0.1) is 11.6 Å². The Kier molecular flexibility index (Phi) is 4.82. The molecule has 0 aliphatic rings. The largest absolute Gasteiger partial charge is 0.367 e. The van der Waals surface area contributed by atoms with E-state index in [-0.39, 0.29) is 5.38 Å². The number of hydrogen-bond donors (Lipinski definition) is 1. The standard InChI is InChI=1S/C11H18ClN3/c1-8(2)6-10(12)7-15-11-9(3)13-4-5-14-11/h4-5,8,10H,6-7H2,1-3H3,(H,14,15). The molecular formula is C11H18ClN3. The second kappa shape index (κ2) is 5.91. The Hall–Kier alpha value is -0.830. The topological polar surface area (TPSA) is 37.8 Å². The van der Waals surface area contributed by atoms with Crippen LogP contribution in [0.4, 0.5) is 5.82 Å². The van der Waals surface area contributed by atoms with Crippen LogP contribution in [0.2, 0.25) is 0 Å². The van der Waals surface area contributed by atoms with Gasteiger partial charge in [0.15, 0.2) is 0 Å². The molecule has 0 amide bonds. The highest BCUT2D eigenvalue weighted by Crippen LogP contribution is 2.12. The summed E-state index contributed by atoms with van der Waals surface area (Å²) in [5.41, 5.74) is 0.908. The fourth-order valence-electron chi connectivity index (χ4n) is 1.38. The highest BCUT2D eigenvalue weighted by Gasteiger charge is 2.08. The lowest BCUT2D eigenvalue weighted by Gasteiger charge is -2.13. The van der Waals surface area contributed by atoms with E-state index in [1.54, 1.807) is 12.4 Å². The smallest absolute Gasteiger partial charge is 0.147 e. The van der Waals surface area contributed by atoms with Gasteiger partial charge in [-0.3, -0.25) is 4.98 Å². The Morgan fingerprint density at radius 1 is 1.33 bits per heavy atom. The SMILES string of the molecule is Cc1nccnc1NCC(Cl)CC(C)C. The second-order valence-corrected chi connectivity index (χ2v) is 4.72. The van der Waals surface area contributed by atoms with Crippen molar-refractivity contribution in [1.82, 2.24) is 9.97 Å². The van der Waals surface area contributed by atoms with Crippen LogP contribution in [0.25, 0.3) is 0 Å². The molecule has 4 heteroatoms. The molecule has 0 aliphatic heterocycles. The Bertz CT molecular complexity index is 302. The van der Waals surface area contributed by atoms with Gasteiger partial charge in [-0.2, -0.15) is 0 Å². The monoisotopic (exact) mass is 227 g/mol. The van der Waals surface area contributed by atoms with E-state index < -0.39 is 0 Å². The van der Waals surface area contributed by atoms with Crippen molar-refractivity contribution in [2.45, 2.75) is 32.6 Å². The van der Waals surface area contributed by atoms with Gasteiger partial charge < -0.3 is 5.32 Å². The number of nitrogens with zero attached hydrogens (tertiary/aromatic N) is 2. The van der Waals surface area contributed by atoms with Crippen LogP contribution in [-0.4, -0.2) is 21.9 Å². The van der Waals surface area contributed by atoms with Crippen molar-refractivity contribution in [3.05, 3.63) is 18.1 Å². The molecule has 1 rings (SSSR count). The second-order valence-electron chi connectivity index (χ2n) is 4.10. The third kappa shape index (κ3) is 4.47. The minimum atomic E-state index is 0.145. The number of aromatic nitrogens is 2. The van der Waals surface area contributed by atoms with Crippen LogP contribution in [0.5, 0.6) is 0 Å². The quantitative estimate of drug-likeness (QED) is 0.787. The summed E-state index contributed by atoms with van der Waals surface area (Å²) in [5, 5.41) is 3.36. The molecule has 1 heterocycles. The lowest BCUT2D eigenvalue weighted by atomic mass is 10.1. The zero-order chi connectivity index (χ0) is 11.3. The summed E-state index contributed by atoms with van der Waals surface area (Å²) in [6, 6.07) is 0. The summed E-state index contributed by atoms with van der Waals surface area (Å²) < 4.78 is 0. The molecule has 0 aromatic carbocycles. The zero-order valence-electron chi connectivity index (χ0n) is 9.50. The van der Waals surface area contributed by atoms with E-state index >= 15 is 0 Å². The molecule has 0 aliphatic carbocycles. The summed E-state index contributed by atoms with van der Waals surface area (Å²) >= 11 is 6.17. The van der Waals surface area contributed by atoms with Crippen molar-refractivity contribution in [1.29, 1.82) is 0 Å². The molecule has 1 atom stereocenters. The minimum absolute atomic E-state index is 0.145. The van der Waals surface area contributed by atoms with Crippen molar-refractivity contribution in [2.24, 2.45) is 5.92 Å². The fraction of sp³-hybridized carbons (Fsp3) is 0.636. The predicted octanol–water partition coefficient (Wildman–Crippen LogP) is 2.85. The Labute approximate surface area is 96.3 Å². The Morgan fingerprint density at radius 3 is 2.60 bits per heavy atom. The Morgan fingerprint density at radius 2 is 2.00 bits per heavy atom. The first-order valence-corrected chi connectivity index (χ1v) is 5.68. The van der Waals surface area contributed by atoms with Gasteiger partial charge >= 0.3 is 0 Å². The number of anilines is 1. The highest BCUT2D eigenvalue weighted by molar-refractivity contribution is 6.20. The normalized spacial score (nSPS) is 12.9. The number of nitrogens with one attached hydrogen (secondary N) is 1. The molecule has 1 aromatic rings. The molecule has 0 bridgehead atoms. The van der Waals surface area contributed by atoms with E-state index in [4.69, 9.17) is 11.6 Å². The molecule has 1 aromatic heterocycles. The molecule has 3 nitrogen and oxygen atoms in total. The van der Waals surface area contributed by atoms with E-state index in [0.717, 1.165) is 24.5 Å². The number of rotatable bonds is 5. The van der Waals surface area contributed by atoms with Gasteiger partial charge in [0.25, 0.3) is 0 Å². The molecule has 0 saturated heterocycles. The van der Waals surface area contributed by atoms with Crippen LogP contribution in [0, 0.1) is 12.8 Å². The summed E-state index contributed by atoms with van der Waals surface area (Å²) in [6.45, 7) is 7.01. The van der Waals surface area contributed by atoms with Gasteiger partial charge in [-0.1, -0.05) is 13.8 Å². The third-order valence-electron chi connectivity index (χ3n) is 2.10. The lowest BCUT2D eigenvalue weighted by molar-refractivity contribution is 0.572. The predicted molar refractivity (Wildman–Crippen MR) is 64.4 cm³/mol. The zero-order valence-corrected chi connectivity index (χ0v) is 10.3. The first-order valence-electron chi connectivity index (χ1n) is 5.25. The molecule has 84 valence electrons. The molecule has 0 spiro atoms. The van der Waals surface area contributed by atoms with Crippen LogP contribution in [0.3, 0.4) is 0 Å². The van der Waals surface area contributed by atoms with Crippen LogP contribution >= 0.6 is 11.6 Å². The van der Waals surface area contributed by atoms with Gasteiger partial charge in [-0.25, -0.2) is 4.98 Å². The van der Waals surface area contributed by atoms with E-state index in [0.29, 0.717) is 5.92 Å². The van der Waals surface area contributed by atoms with E-state index in [2.05, 4.69) is 29.1 Å². The third-order valence-corrected chi connectivity index (χ3v) is 2.43. The molecule has 1 N–H and O–H groups in total. The molecular weight excluding hydrogens is 210 g/mol. The van der Waals surface area contributed by atoms with E-state index in [9.17, 15) is 0 Å². The summed E-state index contributed by atoms with van der Waals surface area (Å²) in [4.78, 5) is 8.35. The highest BCUT2D eigenvalue weighted by atomic mass is 35.5. The maximum atomic E-state index is 6.17. The fourth-order valence-corrected chi connectivity index (χ4v) is 1.82. The van der Waals surface area contributed by atoms with Gasteiger partial charge in [-0.05, 0) is 19.3 Å². The summed E-state index contributed by atoms with van der Waals surface area (Å²) in [6.07, 6.45) is 4.38. The first kappa shape index (κ1) is 12.2. The molecule has 15 heavy (non-hydrogen) atoms. The van der Waals surface area contributed by atoms with Gasteiger partial charge in [0.1, 0.15) is 5.82 Å². The number of hydrogen-bond acceptors (Lipinski definition) is 3.